The summed E-state index contributed by atoms with van der Waals surface area (Å²) in [5, 5.41) is 4.42. The molecule has 0 radical (unpaired) electrons. The number of halogens is 1. The maximum absolute atomic E-state index is 6.31. The van der Waals surface area contributed by atoms with Crippen molar-refractivity contribution in [1.29, 1.82) is 0 Å². The third-order valence-electron chi connectivity index (χ3n) is 4.78. The molecular formula is C18H18ClNO. The van der Waals surface area contributed by atoms with Gasteiger partial charge >= 0.3 is 0 Å². The standard InChI is InChI=1S/C18H18ClNO/c1-21-17-10-14-12(8-15(17)19)6-7-20-16-9-11-4-2-3-5-13(11)18(14)16/h2-5,8,10,16,18,20H,6-7,9H2,1H3/t16-,18+/m1/s1. The van der Waals surface area contributed by atoms with E-state index in [1.807, 2.05) is 0 Å². The van der Waals surface area contributed by atoms with Crippen molar-refractivity contribution in [3.63, 3.8) is 0 Å². The molecule has 2 aromatic carbocycles. The second kappa shape index (κ2) is 5.04. The van der Waals surface area contributed by atoms with Crippen LogP contribution < -0.4 is 10.1 Å². The molecule has 2 nitrogen and oxygen atoms in total. The first-order valence-corrected chi connectivity index (χ1v) is 7.83. The van der Waals surface area contributed by atoms with Crippen LogP contribution in [0.4, 0.5) is 0 Å². The lowest BCUT2D eigenvalue weighted by molar-refractivity contribution is 0.413. The van der Waals surface area contributed by atoms with Crippen molar-refractivity contribution in [2.24, 2.45) is 0 Å². The van der Waals surface area contributed by atoms with Gasteiger partial charge in [0, 0.05) is 12.0 Å². The minimum absolute atomic E-state index is 0.407. The molecule has 0 saturated carbocycles. The summed E-state index contributed by atoms with van der Waals surface area (Å²) >= 11 is 6.31. The molecule has 0 saturated heterocycles. The topological polar surface area (TPSA) is 21.3 Å². The fourth-order valence-corrected chi connectivity index (χ4v) is 4.10. The van der Waals surface area contributed by atoms with E-state index in [0.29, 0.717) is 17.0 Å². The number of benzene rings is 2. The Morgan fingerprint density at radius 2 is 2.00 bits per heavy atom. The second-order valence-electron chi connectivity index (χ2n) is 5.88. The summed E-state index contributed by atoms with van der Waals surface area (Å²) in [4.78, 5) is 0. The van der Waals surface area contributed by atoms with Crippen LogP contribution in [0.15, 0.2) is 36.4 Å². The molecule has 4 rings (SSSR count). The van der Waals surface area contributed by atoms with Crippen LogP contribution in [0.5, 0.6) is 5.75 Å². The van der Waals surface area contributed by atoms with Gasteiger partial charge in [-0.2, -0.15) is 0 Å². The highest BCUT2D eigenvalue weighted by atomic mass is 35.5. The van der Waals surface area contributed by atoms with E-state index in [4.69, 9.17) is 16.3 Å². The van der Waals surface area contributed by atoms with E-state index in [2.05, 4.69) is 41.7 Å². The monoisotopic (exact) mass is 299 g/mol. The van der Waals surface area contributed by atoms with Crippen LogP contribution in [0.1, 0.15) is 28.2 Å². The molecule has 1 aliphatic heterocycles. The maximum atomic E-state index is 6.31. The Morgan fingerprint density at radius 1 is 1.14 bits per heavy atom. The first-order valence-electron chi connectivity index (χ1n) is 7.45. The largest absolute Gasteiger partial charge is 0.495 e. The Kier molecular flexibility index (Phi) is 3.16. The first-order chi connectivity index (χ1) is 10.3. The molecule has 0 fully saturated rings. The lowest BCUT2D eigenvalue weighted by Crippen LogP contribution is -2.32. The van der Waals surface area contributed by atoms with Gasteiger partial charge in [-0.3, -0.25) is 0 Å². The van der Waals surface area contributed by atoms with E-state index in [1.165, 1.54) is 22.3 Å². The normalized spacial score (nSPS) is 23.0. The van der Waals surface area contributed by atoms with Crippen LogP contribution in [-0.4, -0.2) is 19.7 Å². The van der Waals surface area contributed by atoms with Crippen LogP contribution in [0.3, 0.4) is 0 Å². The van der Waals surface area contributed by atoms with Crippen molar-refractivity contribution >= 4 is 11.6 Å². The van der Waals surface area contributed by atoms with Crippen molar-refractivity contribution in [2.45, 2.75) is 24.8 Å². The minimum Gasteiger partial charge on any atom is -0.495 e. The zero-order valence-electron chi connectivity index (χ0n) is 12.0. The van der Waals surface area contributed by atoms with Crippen molar-refractivity contribution in [1.82, 2.24) is 5.32 Å². The van der Waals surface area contributed by atoms with Crippen LogP contribution in [0.25, 0.3) is 0 Å². The molecule has 0 bridgehead atoms. The molecule has 108 valence electrons. The Bertz CT molecular complexity index is 698. The Labute approximate surface area is 130 Å². The van der Waals surface area contributed by atoms with Crippen molar-refractivity contribution in [3.8, 4) is 5.75 Å². The molecule has 2 aliphatic rings. The number of fused-ring (bicyclic) bond motifs is 5. The molecule has 0 spiro atoms. The number of hydrogen-bond donors (Lipinski definition) is 1. The summed E-state index contributed by atoms with van der Waals surface area (Å²) in [6.45, 7) is 1.00. The average Bonchev–Trinajstić information content (AvgIpc) is 2.77. The van der Waals surface area contributed by atoms with Gasteiger partial charge in [-0.15, -0.1) is 0 Å². The third kappa shape index (κ3) is 2.05. The zero-order valence-corrected chi connectivity index (χ0v) is 12.8. The van der Waals surface area contributed by atoms with Crippen LogP contribution in [0, 0.1) is 0 Å². The molecule has 2 atom stereocenters. The highest BCUT2D eigenvalue weighted by Crippen LogP contribution is 2.43. The zero-order chi connectivity index (χ0) is 14.4. The number of hydrogen-bond acceptors (Lipinski definition) is 2. The van der Waals surface area contributed by atoms with E-state index in [-0.39, 0.29) is 0 Å². The highest BCUT2D eigenvalue weighted by molar-refractivity contribution is 6.32. The van der Waals surface area contributed by atoms with Crippen LogP contribution in [0.2, 0.25) is 5.02 Å². The highest BCUT2D eigenvalue weighted by Gasteiger charge is 2.36. The summed E-state index contributed by atoms with van der Waals surface area (Å²) in [5.41, 5.74) is 5.62. The quantitative estimate of drug-likeness (QED) is 0.869. The number of methoxy groups -OCH3 is 1. The van der Waals surface area contributed by atoms with Crippen molar-refractivity contribution in [2.75, 3.05) is 13.7 Å². The van der Waals surface area contributed by atoms with Crippen molar-refractivity contribution in [3.05, 3.63) is 63.7 Å². The second-order valence-corrected chi connectivity index (χ2v) is 6.28. The molecule has 0 unspecified atom stereocenters. The average molecular weight is 300 g/mol. The summed E-state index contributed by atoms with van der Waals surface area (Å²) in [5.74, 6) is 1.19. The molecule has 3 heteroatoms. The molecule has 1 aliphatic carbocycles. The lowest BCUT2D eigenvalue weighted by atomic mass is 9.87. The van der Waals surface area contributed by atoms with Gasteiger partial charge in [-0.05, 0) is 53.8 Å². The molecular weight excluding hydrogens is 282 g/mol. The van der Waals surface area contributed by atoms with Gasteiger partial charge in [0.2, 0.25) is 0 Å². The SMILES string of the molecule is COc1cc2c(cc1Cl)CCN[C@@H]1Cc3ccccc3[C@@H]21. The van der Waals surface area contributed by atoms with Gasteiger partial charge < -0.3 is 10.1 Å². The maximum Gasteiger partial charge on any atom is 0.137 e. The van der Waals surface area contributed by atoms with Gasteiger partial charge in [-0.1, -0.05) is 35.9 Å². The Balaban J connectivity index is 1.91. The lowest BCUT2D eigenvalue weighted by Gasteiger charge is -2.21. The Morgan fingerprint density at radius 3 is 2.86 bits per heavy atom. The minimum atomic E-state index is 0.407. The van der Waals surface area contributed by atoms with Gasteiger partial charge in [0.15, 0.2) is 0 Å². The summed E-state index contributed by atoms with van der Waals surface area (Å²) in [6, 6.07) is 13.5. The molecule has 0 aromatic heterocycles. The van der Waals surface area contributed by atoms with E-state index < -0.39 is 0 Å². The molecule has 0 amide bonds. The first kappa shape index (κ1) is 13.2. The van der Waals surface area contributed by atoms with Crippen LogP contribution in [-0.2, 0) is 12.8 Å². The van der Waals surface area contributed by atoms with Gasteiger partial charge in [0.05, 0.1) is 12.1 Å². The number of ether oxygens (including phenoxy) is 1. The van der Waals surface area contributed by atoms with Crippen LogP contribution >= 0.6 is 11.6 Å². The molecule has 1 N–H and O–H groups in total. The predicted molar refractivity (Wildman–Crippen MR) is 85.5 cm³/mol. The van der Waals surface area contributed by atoms with Gasteiger partial charge in [0.1, 0.15) is 5.75 Å². The Hall–Kier alpha value is -1.51. The number of rotatable bonds is 1. The molecule has 1 heterocycles. The molecule has 21 heavy (non-hydrogen) atoms. The third-order valence-corrected chi connectivity index (χ3v) is 5.08. The van der Waals surface area contributed by atoms with Crippen molar-refractivity contribution < 1.29 is 4.74 Å². The number of nitrogens with one attached hydrogen (secondary N) is 1. The fraction of sp³-hybridized carbons (Fsp3) is 0.333. The van der Waals surface area contributed by atoms with Gasteiger partial charge in [0.25, 0.3) is 0 Å². The summed E-state index contributed by atoms with van der Waals surface area (Å²) in [6.07, 6.45) is 2.12. The van der Waals surface area contributed by atoms with E-state index in [1.54, 1.807) is 7.11 Å². The van der Waals surface area contributed by atoms with Gasteiger partial charge in [-0.25, -0.2) is 0 Å². The summed E-state index contributed by atoms with van der Waals surface area (Å²) in [7, 11) is 1.68. The van der Waals surface area contributed by atoms with E-state index in [0.717, 1.165) is 25.1 Å². The van der Waals surface area contributed by atoms with E-state index >= 15 is 0 Å². The fourth-order valence-electron chi connectivity index (χ4n) is 3.83. The summed E-state index contributed by atoms with van der Waals surface area (Å²) < 4.78 is 5.44. The predicted octanol–water partition coefficient (Wildman–Crippen LogP) is 3.55. The van der Waals surface area contributed by atoms with E-state index in [9.17, 15) is 0 Å². The molecule has 2 aromatic rings. The smallest absolute Gasteiger partial charge is 0.137 e.